The first-order chi connectivity index (χ1) is 10.8. The standard InChI is InChI=1S/C16H18N2O4S/c1-3-5-12-17(13-16(4-2)10-11-16)23(21,22)15-8-6-14(7-9-15)18(19)20/h4,6-9H,2,10-13H2,1H3. The molecule has 6 nitrogen and oxygen atoms in total. The summed E-state index contributed by atoms with van der Waals surface area (Å²) in [5.74, 6) is 5.48. The average molecular weight is 334 g/mol. The molecule has 0 radical (unpaired) electrons. The maximum Gasteiger partial charge on any atom is 0.269 e. The third-order valence-electron chi connectivity index (χ3n) is 3.93. The highest BCUT2D eigenvalue weighted by Gasteiger charge is 2.43. The van der Waals surface area contributed by atoms with Crippen molar-refractivity contribution >= 4 is 15.7 Å². The number of hydrogen-bond acceptors (Lipinski definition) is 4. The SMILES string of the molecule is C=CC1(CN(CC#CC)S(=O)(=O)c2ccc([N+](=O)[O-])cc2)CC1. The highest BCUT2D eigenvalue weighted by atomic mass is 32.2. The Morgan fingerprint density at radius 2 is 2.00 bits per heavy atom. The quantitative estimate of drug-likeness (QED) is 0.332. The molecule has 1 aliphatic carbocycles. The Morgan fingerprint density at radius 1 is 1.39 bits per heavy atom. The predicted octanol–water partition coefficient (Wildman–Crippen LogP) is 2.58. The van der Waals surface area contributed by atoms with E-state index in [1.807, 2.05) is 0 Å². The first kappa shape index (κ1) is 17.2. The summed E-state index contributed by atoms with van der Waals surface area (Å²) in [5.41, 5.74) is -0.322. The fourth-order valence-corrected chi connectivity index (χ4v) is 3.66. The lowest BCUT2D eigenvalue weighted by molar-refractivity contribution is -0.384. The van der Waals surface area contributed by atoms with Crippen LogP contribution in [0.5, 0.6) is 0 Å². The highest BCUT2D eigenvalue weighted by Crippen LogP contribution is 2.47. The second-order valence-corrected chi connectivity index (χ2v) is 7.46. The summed E-state index contributed by atoms with van der Waals surface area (Å²) in [5, 5.41) is 10.7. The molecule has 1 saturated carbocycles. The summed E-state index contributed by atoms with van der Waals surface area (Å²) in [6.45, 7) is 5.84. The molecule has 0 heterocycles. The molecule has 0 spiro atoms. The molecule has 0 N–H and O–H groups in total. The number of hydrogen-bond donors (Lipinski definition) is 0. The summed E-state index contributed by atoms with van der Waals surface area (Å²) in [4.78, 5) is 10.2. The second-order valence-electron chi connectivity index (χ2n) is 5.52. The normalized spacial score (nSPS) is 15.6. The molecule has 2 rings (SSSR count). The van der Waals surface area contributed by atoms with E-state index in [1.165, 1.54) is 28.6 Å². The van der Waals surface area contributed by atoms with Crippen molar-refractivity contribution in [3.63, 3.8) is 0 Å². The van der Waals surface area contributed by atoms with Crippen LogP contribution in [0.3, 0.4) is 0 Å². The maximum absolute atomic E-state index is 12.8. The van der Waals surface area contributed by atoms with Gasteiger partial charge in [0.2, 0.25) is 10.0 Å². The molecule has 0 unspecified atom stereocenters. The molecule has 1 aromatic carbocycles. The van der Waals surface area contributed by atoms with Gasteiger partial charge in [0.15, 0.2) is 0 Å². The molecule has 0 atom stereocenters. The fourth-order valence-electron chi connectivity index (χ4n) is 2.22. The third-order valence-corrected chi connectivity index (χ3v) is 5.74. The van der Waals surface area contributed by atoms with E-state index in [1.54, 1.807) is 13.0 Å². The topological polar surface area (TPSA) is 80.5 Å². The van der Waals surface area contributed by atoms with Crippen LogP contribution in [-0.2, 0) is 10.0 Å². The lowest BCUT2D eigenvalue weighted by Gasteiger charge is -2.23. The lowest BCUT2D eigenvalue weighted by atomic mass is 10.1. The first-order valence-electron chi connectivity index (χ1n) is 7.12. The zero-order valence-corrected chi connectivity index (χ0v) is 13.7. The molecule has 0 aliphatic heterocycles. The van der Waals surface area contributed by atoms with Crippen LogP contribution in [0.1, 0.15) is 19.8 Å². The van der Waals surface area contributed by atoms with Crippen molar-refractivity contribution in [1.29, 1.82) is 0 Å². The monoisotopic (exact) mass is 334 g/mol. The largest absolute Gasteiger partial charge is 0.269 e. The van der Waals surface area contributed by atoms with Gasteiger partial charge in [0.25, 0.3) is 5.69 Å². The minimum Gasteiger partial charge on any atom is -0.258 e. The minimum absolute atomic E-state index is 0.0286. The van der Waals surface area contributed by atoms with E-state index < -0.39 is 14.9 Å². The van der Waals surface area contributed by atoms with Crippen LogP contribution in [0.2, 0.25) is 0 Å². The summed E-state index contributed by atoms with van der Waals surface area (Å²) in [6, 6.07) is 4.90. The van der Waals surface area contributed by atoms with Gasteiger partial charge in [-0.15, -0.1) is 12.5 Å². The van der Waals surface area contributed by atoms with Crippen LogP contribution in [0.15, 0.2) is 41.8 Å². The van der Waals surface area contributed by atoms with Gasteiger partial charge in [-0.25, -0.2) is 8.42 Å². The Bertz CT molecular complexity index is 769. The van der Waals surface area contributed by atoms with Gasteiger partial charge in [-0.2, -0.15) is 4.31 Å². The summed E-state index contributed by atoms with van der Waals surface area (Å²) < 4.78 is 26.9. The van der Waals surface area contributed by atoms with Crippen LogP contribution in [0.25, 0.3) is 0 Å². The predicted molar refractivity (Wildman–Crippen MR) is 87.2 cm³/mol. The second kappa shape index (κ2) is 6.52. The molecular formula is C16H18N2O4S. The molecule has 122 valence electrons. The van der Waals surface area contributed by atoms with Gasteiger partial charge in [-0.05, 0) is 31.9 Å². The Balaban J connectivity index is 2.32. The summed E-state index contributed by atoms with van der Waals surface area (Å²) in [6.07, 6.45) is 3.61. The number of nitro benzene ring substituents is 1. The van der Waals surface area contributed by atoms with Gasteiger partial charge in [0.05, 0.1) is 16.4 Å². The molecule has 0 saturated heterocycles. The van der Waals surface area contributed by atoms with Gasteiger partial charge in [0, 0.05) is 24.1 Å². The fraction of sp³-hybridized carbons (Fsp3) is 0.375. The summed E-state index contributed by atoms with van der Waals surface area (Å²) in [7, 11) is -3.76. The van der Waals surface area contributed by atoms with Crippen molar-refractivity contribution in [2.24, 2.45) is 5.41 Å². The molecule has 0 amide bonds. The van der Waals surface area contributed by atoms with Gasteiger partial charge < -0.3 is 0 Å². The average Bonchev–Trinajstić information content (AvgIpc) is 3.31. The van der Waals surface area contributed by atoms with Crippen LogP contribution in [0.4, 0.5) is 5.69 Å². The van der Waals surface area contributed by atoms with Crippen LogP contribution in [0, 0.1) is 27.4 Å². The number of sulfonamides is 1. The molecule has 1 aliphatic rings. The van der Waals surface area contributed by atoms with Crippen molar-refractivity contribution in [2.75, 3.05) is 13.1 Å². The highest BCUT2D eigenvalue weighted by molar-refractivity contribution is 7.89. The van der Waals surface area contributed by atoms with E-state index in [0.717, 1.165) is 12.8 Å². The van der Waals surface area contributed by atoms with Crippen molar-refractivity contribution in [3.05, 3.63) is 47.0 Å². The molecule has 1 aromatic rings. The number of nitro groups is 1. The Labute approximate surface area is 136 Å². The smallest absolute Gasteiger partial charge is 0.258 e. The van der Waals surface area contributed by atoms with Crippen molar-refractivity contribution in [3.8, 4) is 11.8 Å². The number of benzene rings is 1. The Hall–Kier alpha value is -2.17. The molecular weight excluding hydrogens is 316 g/mol. The van der Waals surface area contributed by atoms with Crippen molar-refractivity contribution in [2.45, 2.75) is 24.7 Å². The van der Waals surface area contributed by atoms with Crippen LogP contribution >= 0.6 is 0 Å². The minimum atomic E-state index is -3.76. The zero-order chi connectivity index (χ0) is 17.1. The van der Waals surface area contributed by atoms with Crippen LogP contribution < -0.4 is 0 Å². The van der Waals surface area contributed by atoms with E-state index >= 15 is 0 Å². The zero-order valence-electron chi connectivity index (χ0n) is 12.9. The van der Waals surface area contributed by atoms with Crippen molar-refractivity contribution < 1.29 is 13.3 Å². The van der Waals surface area contributed by atoms with Crippen molar-refractivity contribution in [1.82, 2.24) is 4.31 Å². The lowest BCUT2D eigenvalue weighted by Crippen LogP contribution is -2.36. The molecule has 1 fully saturated rings. The maximum atomic E-state index is 12.8. The first-order valence-corrected chi connectivity index (χ1v) is 8.56. The van der Waals surface area contributed by atoms with E-state index in [0.29, 0.717) is 6.54 Å². The van der Waals surface area contributed by atoms with Gasteiger partial charge in [0.1, 0.15) is 0 Å². The molecule has 23 heavy (non-hydrogen) atoms. The van der Waals surface area contributed by atoms with E-state index in [2.05, 4.69) is 18.4 Å². The molecule has 7 heteroatoms. The Kier molecular flexibility index (Phi) is 4.88. The number of non-ortho nitro benzene ring substituents is 1. The molecule has 0 aromatic heterocycles. The van der Waals surface area contributed by atoms with Crippen LogP contribution in [-0.4, -0.2) is 30.7 Å². The van der Waals surface area contributed by atoms with Gasteiger partial charge in [-0.1, -0.05) is 12.0 Å². The van der Waals surface area contributed by atoms with E-state index in [-0.39, 0.29) is 22.5 Å². The Morgan fingerprint density at radius 3 is 2.43 bits per heavy atom. The van der Waals surface area contributed by atoms with Gasteiger partial charge >= 0.3 is 0 Å². The van der Waals surface area contributed by atoms with E-state index in [4.69, 9.17) is 0 Å². The number of nitrogens with zero attached hydrogens (tertiary/aromatic N) is 2. The molecule has 0 bridgehead atoms. The third kappa shape index (κ3) is 3.78. The van der Waals surface area contributed by atoms with Gasteiger partial charge in [-0.3, -0.25) is 10.1 Å². The van der Waals surface area contributed by atoms with E-state index in [9.17, 15) is 18.5 Å². The summed E-state index contributed by atoms with van der Waals surface area (Å²) >= 11 is 0. The number of rotatable bonds is 7.